The molecule has 6 nitrogen and oxygen atoms in total. The molecule has 0 fully saturated rings. The van der Waals surface area contributed by atoms with Gasteiger partial charge in [-0.05, 0) is 232 Å². The molecular formula is C138H86N6S3. The minimum absolute atomic E-state index is 1.16. The Morgan fingerprint density at radius 3 is 0.796 bits per heavy atom. The maximum absolute atomic E-state index is 2.47. The second-order valence-corrected chi connectivity index (χ2v) is 41.6. The Morgan fingerprint density at radius 1 is 0.122 bits per heavy atom. The molecule has 0 aliphatic heterocycles. The van der Waals surface area contributed by atoms with Crippen LogP contribution in [0.25, 0.3) is 281 Å². The number of benzene rings is 23. The lowest BCUT2D eigenvalue weighted by Gasteiger charge is -2.14. The molecule has 32 aromatic rings. The van der Waals surface area contributed by atoms with E-state index in [1.807, 2.05) is 34.0 Å². The van der Waals surface area contributed by atoms with Crippen molar-refractivity contribution >= 4 is 225 Å². The second kappa shape index (κ2) is 34.1. The largest absolute Gasteiger partial charge is 0.309 e. The van der Waals surface area contributed by atoms with Gasteiger partial charge in [0, 0.05) is 133 Å². The van der Waals surface area contributed by atoms with E-state index in [2.05, 4.69) is 549 Å². The Hall–Kier alpha value is -18.5. The predicted octanol–water partition coefficient (Wildman–Crippen LogP) is 39.1. The van der Waals surface area contributed by atoms with E-state index >= 15 is 0 Å². The monoisotopic (exact) mass is 1920 g/mol. The van der Waals surface area contributed by atoms with Crippen molar-refractivity contribution < 1.29 is 0 Å². The molecule has 23 aromatic carbocycles. The number of fused-ring (bicyclic) bond motifs is 27. The van der Waals surface area contributed by atoms with Crippen molar-refractivity contribution in [3.8, 4) is 89.8 Å². The zero-order valence-corrected chi connectivity index (χ0v) is 82.0. The Balaban J connectivity index is 0.000000102. The molecule has 9 heteroatoms. The van der Waals surface area contributed by atoms with Gasteiger partial charge in [0.25, 0.3) is 0 Å². The minimum atomic E-state index is 1.16. The Bertz CT molecular complexity index is 11000. The average Bonchev–Trinajstić information content (AvgIpc) is 1.62. The Kier molecular flexibility index (Phi) is 19.6. The first kappa shape index (κ1) is 84.2. The van der Waals surface area contributed by atoms with Gasteiger partial charge in [0.15, 0.2) is 0 Å². The maximum atomic E-state index is 2.47. The maximum Gasteiger partial charge on any atom is 0.0640 e. The fraction of sp³-hybridized carbons (Fsp3) is 0. The van der Waals surface area contributed by atoms with E-state index in [4.69, 9.17) is 0 Å². The Morgan fingerprint density at radius 2 is 0.374 bits per heavy atom. The van der Waals surface area contributed by atoms with Gasteiger partial charge < -0.3 is 27.4 Å². The summed E-state index contributed by atoms with van der Waals surface area (Å²) in [5, 5.41) is 23.1. The second-order valence-electron chi connectivity index (χ2n) is 38.4. The van der Waals surface area contributed by atoms with Crippen LogP contribution >= 0.6 is 34.0 Å². The first-order valence-electron chi connectivity index (χ1n) is 50.2. The van der Waals surface area contributed by atoms with Crippen molar-refractivity contribution in [2.75, 3.05) is 0 Å². The predicted molar refractivity (Wildman–Crippen MR) is 631 cm³/mol. The van der Waals surface area contributed by atoms with E-state index in [1.54, 1.807) is 0 Å². The van der Waals surface area contributed by atoms with Gasteiger partial charge in [0.1, 0.15) is 0 Å². The van der Waals surface area contributed by atoms with Crippen molar-refractivity contribution in [3.05, 3.63) is 522 Å². The van der Waals surface area contributed by atoms with E-state index in [-0.39, 0.29) is 0 Å². The van der Waals surface area contributed by atoms with Gasteiger partial charge in [-0.1, -0.05) is 340 Å². The summed E-state index contributed by atoms with van der Waals surface area (Å²) < 4.78 is 22.5. The van der Waals surface area contributed by atoms with Crippen LogP contribution in [-0.2, 0) is 0 Å². The molecule has 0 aliphatic carbocycles. The summed E-state index contributed by atoms with van der Waals surface area (Å²) in [4.78, 5) is 0. The molecular weight excluding hydrogens is 1840 g/mol. The van der Waals surface area contributed by atoms with Crippen LogP contribution in [0.2, 0.25) is 0 Å². The van der Waals surface area contributed by atoms with E-state index in [1.165, 1.54) is 275 Å². The first-order chi connectivity index (χ1) is 72.9. The fourth-order valence-corrected chi connectivity index (χ4v) is 27.4. The van der Waals surface area contributed by atoms with Crippen LogP contribution in [0.1, 0.15) is 0 Å². The zero-order chi connectivity index (χ0) is 96.4. The van der Waals surface area contributed by atoms with Crippen molar-refractivity contribution in [1.82, 2.24) is 27.4 Å². The molecule has 0 N–H and O–H groups in total. The third kappa shape index (κ3) is 13.5. The molecule has 32 rings (SSSR count). The topological polar surface area (TPSA) is 29.6 Å². The van der Waals surface area contributed by atoms with Gasteiger partial charge >= 0.3 is 0 Å². The molecule has 0 atom stereocenters. The standard InChI is InChI=1S/2C48H30N2S.C42H26N2S/c1-2-13-31(14-3-1)34-15-4-8-20-41(34)49-42-21-9-5-16-35(42)39-29-32(25-27-44(39)49)33-26-28-45-40(30-33)36-17-6-10-22-43(36)50(45)46-23-12-19-38-37-18-7-11-24-47(37)51-48(38)46;1-2-12-31(13-3-1)32-14-10-15-35(28-32)49-42-20-7-4-16-36(42)40-29-33(24-26-44(40)49)34-25-27-45-41(30-34)37-17-5-8-21-43(37)50(45)46-22-11-19-39-38-18-6-9-23-47(38)51-48(39)46;1-2-11-29(12-3-1)43-35-16-7-4-13-30(35)33-25-27(21-23-37(33)43)28-22-24-38-34(26-28)31-14-5-8-17-36(31)44(38)39-18-10-20-41-42(39)32-15-6-9-19-40(32)45-41/h2*1-30H;1-26H. The molecule has 9 heterocycles. The molecule has 0 bridgehead atoms. The number of hydrogen-bond donors (Lipinski definition) is 0. The Labute approximate surface area is 857 Å². The highest BCUT2D eigenvalue weighted by Gasteiger charge is 2.26. The lowest BCUT2D eigenvalue weighted by atomic mass is 10.0. The zero-order valence-electron chi connectivity index (χ0n) is 79.6. The molecule has 0 spiro atoms. The normalized spacial score (nSPS) is 11.9. The van der Waals surface area contributed by atoms with Crippen LogP contribution in [0.3, 0.4) is 0 Å². The van der Waals surface area contributed by atoms with Crippen molar-refractivity contribution in [1.29, 1.82) is 0 Å². The fourth-order valence-electron chi connectivity index (χ4n) is 23.8. The smallest absolute Gasteiger partial charge is 0.0640 e. The highest BCUT2D eigenvalue weighted by Crippen LogP contribution is 2.50. The number of hydrogen-bond acceptors (Lipinski definition) is 3. The third-order valence-electron chi connectivity index (χ3n) is 30.4. The minimum Gasteiger partial charge on any atom is -0.309 e. The molecule has 0 aliphatic rings. The van der Waals surface area contributed by atoms with Crippen LogP contribution in [-0.4, -0.2) is 27.4 Å². The molecule has 686 valence electrons. The van der Waals surface area contributed by atoms with E-state index in [0.717, 1.165) is 5.69 Å². The number of aromatic nitrogens is 6. The quantitative estimate of drug-likeness (QED) is 0.124. The molecule has 147 heavy (non-hydrogen) atoms. The van der Waals surface area contributed by atoms with Gasteiger partial charge in [-0.15, -0.1) is 34.0 Å². The van der Waals surface area contributed by atoms with Crippen LogP contribution in [0.4, 0.5) is 0 Å². The summed E-state index contributed by atoms with van der Waals surface area (Å²) in [6, 6.07) is 191. The highest BCUT2D eigenvalue weighted by atomic mass is 32.1. The van der Waals surface area contributed by atoms with Gasteiger partial charge in [0.05, 0.1) is 98.3 Å². The number of rotatable bonds is 11. The van der Waals surface area contributed by atoms with Crippen molar-refractivity contribution in [3.63, 3.8) is 0 Å². The lowest BCUT2D eigenvalue weighted by molar-refractivity contribution is 1.18. The van der Waals surface area contributed by atoms with Crippen molar-refractivity contribution in [2.24, 2.45) is 0 Å². The van der Waals surface area contributed by atoms with E-state index in [0.29, 0.717) is 0 Å². The summed E-state index contributed by atoms with van der Waals surface area (Å²) in [5.41, 5.74) is 34.1. The van der Waals surface area contributed by atoms with Crippen LogP contribution < -0.4 is 0 Å². The molecule has 0 saturated carbocycles. The van der Waals surface area contributed by atoms with Crippen molar-refractivity contribution in [2.45, 2.75) is 0 Å². The average molecular weight is 1920 g/mol. The summed E-state index contributed by atoms with van der Waals surface area (Å²) in [7, 11) is 0. The first-order valence-corrected chi connectivity index (χ1v) is 52.7. The molecule has 0 unspecified atom stereocenters. The summed E-state index contributed by atoms with van der Waals surface area (Å²) in [6.45, 7) is 0. The van der Waals surface area contributed by atoms with E-state index < -0.39 is 0 Å². The summed E-state index contributed by atoms with van der Waals surface area (Å²) in [6.07, 6.45) is 0. The molecule has 0 saturated heterocycles. The van der Waals surface area contributed by atoms with Gasteiger partial charge in [-0.25, -0.2) is 0 Å². The van der Waals surface area contributed by atoms with Crippen LogP contribution in [0, 0.1) is 0 Å². The highest BCUT2D eigenvalue weighted by molar-refractivity contribution is 7.27. The van der Waals surface area contributed by atoms with Crippen LogP contribution in [0.5, 0.6) is 0 Å². The van der Waals surface area contributed by atoms with Gasteiger partial charge in [-0.2, -0.15) is 0 Å². The van der Waals surface area contributed by atoms with E-state index in [9.17, 15) is 0 Å². The summed E-state index contributed by atoms with van der Waals surface area (Å²) >= 11 is 5.64. The van der Waals surface area contributed by atoms with Crippen LogP contribution in [0.15, 0.2) is 522 Å². The number of thiophene rings is 3. The molecule has 0 amide bonds. The molecule has 0 radical (unpaired) electrons. The SMILES string of the molecule is c1ccc(-c2cccc(-n3c4ccccc4c4cc(-c5ccc6c(c5)c5ccccc5n6-c5cccc6c5sc5ccccc56)ccc43)c2)cc1.c1ccc(-c2ccccc2-n2c3ccccc3c3cc(-c4ccc5c(c4)c4ccccc4n5-c4cccc5c4sc4ccccc45)ccc32)cc1.c1ccc(-n2c3ccccc3c3cc(-c4ccc5c(c4)c4ccccc4n5-c4cccc5sc6ccccc6c45)ccc32)cc1. The number of para-hydroxylation sites is 8. The van der Waals surface area contributed by atoms with Gasteiger partial charge in [0.2, 0.25) is 0 Å². The number of nitrogens with zero attached hydrogens (tertiary/aromatic N) is 6. The third-order valence-corrected chi connectivity index (χ3v) is 33.9. The summed E-state index contributed by atoms with van der Waals surface area (Å²) in [5.74, 6) is 0. The lowest BCUT2D eigenvalue weighted by Crippen LogP contribution is -1.97. The van der Waals surface area contributed by atoms with Gasteiger partial charge in [-0.3, -0.25) is 0 Å². The molecule has 9 aromatic heterocycles.